The molecule has 0 bridgehead atoms. The monoisotopic (exact) mass is 536 g/mol. The van der Waals surface area contributed by atoms with Crippen molar-refractivity contribution in [1.82, 2.24) is 9.80 Å². The highest BCUT2D eigenvalue weighted by molar-refractivity contribution is 9.10. The third-order valence-corrected chi connectivity index (χ3v) is 7.26. The number of urea groups is 1. The highest BCUT2D eigenvalue weighted by atomic mass is 79.9. The van der Waals surface area contributed by atoms with Gasteiger partial charge in [0.2, 0.25) is 0 Å². The van der Waals surface area contributed by atoms with Crippen LogP contribution in [0.15, 0.2) is 71.4 Å². The number of benzene rings is 2. The molecule has 1 atom stereocenters. The largest absolute Gasteiger partial charge is 0.497 e. The fourth-order valence-electron chi connectivity index (χ4n) is 4.92. The molecule has 4 rings (SSSR count). The van der Waals surface area contributed by atoms with Crippen molar-refractivity contribution in [3.63, 3.8) is 0 Å². The second-order valence-electron chi connectivity index (χ2n) is 8.96. The zero-order valence-electron chi connectivity index (χ0n) is 20.2. The Labute approximate surface area is 214 Å². The van der Waals surface area contributed by atoms with E-state index in [1.165, 1.54) is 14.1 Å². The van der Waals surface area contributed by atoms with Crippen LogP contribution in [0.3, 0.4) is 0 Å². The van der Waals surface area contributed by atoms with Gasteiger partial charge in [-0.1, -0.05) is 71.7 Å². The van der Waals surface area contributed by atoms with E-state index in [0.29, 0.717) is 12.2 Å². The van der Waals surface area contributed by atoms with Gasteiger partial charge in [0, 0.05) is 24.5 Å². The fraction of sp³-hybridized carbons (Fsp3) is 0.321. The normalized spacial score (nSPS) is 19.4. The predicted octanol–water partition coefficient (Wildman–Crippen LogP) is 5.67. The molecule has 1 spiro atoms. The number of carbonyl (C=O) groups is 3. The summed E-state index contributed by atoms with van der Waals surface area (Å²) in [4.78, 5) is 42.4. The lowest BCUT2D eigenvalue weighted by Gasteiger charge is -2.47. The molecule has 35 heavy (non-hydrogen) atoms. The smallest absolute Gasteiger partial charge is 0.332 e. The molecule has 0 saturated carbocycles. The minimum atomic E-state index is -1.59. The minimum absolute atomic E-state index is 0.368. The summed E-state index contributed by atoms with van der Waals surface area (Å²) in [5.41, 5.74) is 1.98. The van der Waals surface area contributed by atoms with Gasteiger partial charge in [0.1, 0.15) is 6.61 Å². The highest BCUT2D eigenvalue weighted by Crippen LogP contribution is 2.49. The number of likely N-dealkylation sites (N-methyl/N-ethyl adjacent to an activating group) is 2. The van der Waals surface area contributed by atoms with Crippen LogP contribution in [0.4, 0.5) is 4.79 Å². The van der Waals surface area contributed by atoms with E-state index < -0.39 is 29.2 Å². The summed E-state index contributed by atoms with van der Waals surface area (Å²) in [5.74, 6) is -1.67. The molecule has 0 N–H and O–H groups in total. The zero-order valence-corrected chi connectivity index (χ0v) is 21.7. The van der Waals surface area contributed by atoms with Crippen LogP contribution in [0.2, 0.25) is 0 Å². The number of barbiturate groups is 1. The van der Waals surface area contributed by atoms with Crippen molar-refractivity contribution in [2.24, 2.45) is 5.92 Å². The number of rotatable bonds is 7. The molecule has 2 aromatic rings. The molecular formula is C28H29BrN2O4. The molecule has 1 aliphatic heterocycles. The average Bonchev–Trinajstić information content (AvgIpc) is 2.87. The number of unbranched alkanes of at least 4 members (excludes halogenated alkanes) is 1. The molecule has 1 aliphatic carbocycles. The molecule has 6 nitrogen and oxygen atoms in total. The second kappa shape index (κ2) is 10.2. The number of hydrogen-bond acceptors (Lipinski definition) is 4. The molecule has 1 heterocycles. The molecule has 2 aliphatic rings. The number of imide groups is 2. The topological polar surface area (TPSA) is 66.9 Å². The lowest BCUT2D eigenvalue weighted by atomic mass is 9.61. The maximum atomic E-state index is 13.8. The summed E-state index contributed by atoms with van der Waals surface area (Å²) in [6.07, 6.45) is 8.15. The molecule has 4 amide bonds. The SMILES string of the molecule is CCCCC1=CC(/C=C/OCc2ccccc2)C2(C(=O)N(C)C(=O)N(C)C2=O)c2ccc(Br)cc21. The summed E-state index contributed by atoms with van der Waals surface area (Å²) in [7, 11) is 2.85. The summed E-state index contributed by atoms with van der Waals surface area (Å²) in [6, 6.07) is 14.8. The molecule has 1 fully saturated rings. The van der Waals surface area contributed by atoms with E-state index >= 15 is 0 Å². The number of allylic oxidation sites excluding steroid dienone is 3. The first-order valence-corrected chi connectivity index (χ1v) is 12.5. The quantitative estimate of drug-likeness (QED) is 0.337. The summed E-state index contributed by atoms with van der Waals surface area (Å²) < 4.78 is 6.65. The number of fused-ring (bicyclic) bond motifs is 2. The van der Waals surface area contributed by atoms with Crippen LogP contribution >= 0.6 is 15.9 Å². The molecule has 182 valence electrons. The van der Waals surface area contributed by atoms with Crippen LogP contribution in [0, 0.1) is 5.92 Å². The van der Waals surface area contributed by atoms with Crippen LogP contribution in [-0.2, 0) is 26.3 Å². The zero-order chi connectivity index (χ0) is 25.2. The van der Waals surface area contributed by atoms with Gasteiger partial charge in [0.15, 0.2) is 5.41 Å². The van der Waals surface area contributed by atoms with Crippen molar-refractivity contribution < 1.29 is 19.1 Å². The number of hydrogen-bond donors (Lipinski definition) is 0. The van der Waals surface area contributed by atoms with Crippen LogP contribution in [0.1, 0.15) is 42.9 Å². The molecule has 7 heteroatoms. The Kier molecular flexibility index (Phi) is 7.26. The van der Waals surface area contributed by atoms with Crippen molar-refractivity contribution in [3.8, 4) is 0 Å². The maximum Gasteiger partial charge on any atom is 0.332 e. The van der Waals surface area contributed by atoms with Gasteiger partial charge in [-0.15, -0.1) is 0 Å². The lowest BCUT2D eigenvalue weighted by molar-refractivity contribution is -0.152. The highest BCUT2D eigenvalue weighted by Gasteiger charge is 2.61. The standard InChI is InChI=1S/C28H29BrN2O4/c1-4-5-11-20-16-21(14-15-35-18-19-9-7-6-8-10-19)28(24-13-12-22(29)17-23(20)24)25(32)30(2)27(34)31(3)26(28)33/h6-10,12-17,21H,4-5,11,18H2,1-3H3/b15-14+. The number of halogens is 1. The molecule has 1 saturated heterocycles. The Bertz CT molecular complexity index is 1180. The van der Waals surface area contributed by atoms with Gasteiger partial charge in [-0.3, -0.25) is 19.4 Å². The second-order valence-corrected chi connectivity index (χ2v) is 9.87. The van der Waals surface area contributed by atoms with Crippen molar-refractivity contribution in [1.29, 1.82) is 0 Å². The third-order valence-electron chi connectivity index (χ3n) is 6.77. The Hall–Kier alpha value is -3.19. The van der Waals surface area contributed by atoms with Gasteiger partial charge in [-0.25, -0.2) is 4.79 Å². The van der Waals surface area contributed by atoms with Gasteiger partial charge in [0.25, 0.3) is 11.8 Å². The third kappa shape index (κ3) is 4.33. The average molecular weight is 537 g/mol. The molecule has 2 aromatic carbocycles. The predicted molar refractivity (Wildman–Crippen MR) is 138 cm³/mol. The lowest BCUT2D eigenvalue weighted by Crippen LogP contribution is -2.68. The van der Waals surface area contributed by atoms with E-state index in [2.05, 4.69) is 22.9 Å². The van der Waals surface area contributed by atoms with Gasteiger partial charge in [-0.05, 0) is 53.3 Å². The van der Waals surface area contributed by atoms with Gasteiger partial charge in [0.05, 0.1) is 6.26 Å². The number of carbonyl (C=O) groups excluding carboxylic acids is 3. The first-order valence-electron chi connectivity index (χ1n) is 11.8. The number of amides is 4. The van der Waals surface area contributed by atoms with E-state index in [1.807, 2.05) is 54.6 Å². The number of ether oxygens (including phenoxy) is 1. The van der Waals surface area contributed by atoms with E-state index in [-0.39, 0.29) is 0 Å². The van der Waals surface area contributed by atoms with Crippen molar-refractivity contribution >= 4 is 39.3 Å². The van der Waals surface area contributed by atoms with Crippen LogP contribution in [-0.4, -0.2) is 41.7 Å². The van der Waals surface area contributed by atoms with E-state index in [0.717, 1.165) is 50.2 Å². The first kappa shape index (κ1) is 24.9. The summed E-state index contributed by atoms with van der Waals surface area (Å²) in [6.45, 7) is 2.50. The molecular weight excluding hydrogens is 508 g/mol. The number of nitrogens with zero attached hydrogens (tertiary/aromatic N) is 2. The summed E-state index contributed by atoms with van der Waals surface area (Å²) in [5, 5.41) is 0. The van der Waals surface area contributed by atoms with Crippen molar-refractivity contribution in [3.05, 3.63) is 88.1 Å². The first-order chi connectivity index (χ1) is 16.8. The minimum Gasteiger partial charge on any atom is -0.497 e. The van der Waals surface area contributed by atoms with Crippen molar-refractivity contribution in [2.75, 3.05) is 14.1 Å². The molecule has 0 radical (unpaired) electrons. The molecule has 1 unspecified atom stereocenters. The Morgan fingerprint density at radius 1 is 1.03 bits per heavy atom. The fourth-order valence-corrected chi connectivity index (χ4v) is 5.28. The van der Waals surface area contributed by atoms with Crippen molar-refractivity contribution in [2.45, 2.75) is 38.2 Å². The Balaban J connectivity index is 1.82. The van der Waals surface area contributed by atoms with E-state index in [9.17, 15) is 14.4 Å². The van der Waals surface area contributed by atoms with Gasteiger partial charge >= 0.3 is 6.03 Å². The van der Waals surface area contributed by atoms with Gasteiger partial charge in [-0.2, -0.15) is 0 Å². The molecule has 0 aromatic heterocycles. The maximum absolute atomic E-state index is 13.8. The van der Waals surface area contributed by atoms with Crippen LogP contribution in [0.5, 0.6) is 0 Å². The van der Waals surface area contributed by atoms with Gasteiger partial charge < -0.3 is 4.74 Å². The van der Waals surface area contributed by atoms with Crippen LogP contribution in [0.25, 0.3) is 5.57 Å². The Morgan fingerprint density at radius 2 is 1.71 bits per heavy atom. The summed E-state index contributed by atoms with van der Waals surface area (Å²) >= 11 is 3.54. The van der Waals surface area contributed by atoms with E-state index in [1.54, 1.807) is 12.3 Å². The Morgan fingerprint density at radius 3 is 2.37 bits per heavy atom. The van der Waals surface area contributed by atoms with E-state index in [4.69, 9.17) is 4.74 Å². The van der Waals surface area contributed by atoms with Crippen LogP contribution < -0.4 is 0 Å².